The summed E-state index contributed by atoms with van der Waals surface area (Å²) in [6.07, 6.45) is 3.23. The quantitative estimate of drug-likeness (QED) is 0.444. The first-order valence-corrected chi connectivity index (χ1v) is 2.43. The normalized spacial score (nSPS) is 24.9. The SMILES string of the molecule is CC1(O)CCC1.[NaH]. The van der Waals surface area contributed by atoms with Gasteiger partial charge >= 0.3 is 29.6 Å². The van der Waals surface area contributed by atoms with Gasteiger partial charge < -0.3 is 5.11 Å². The zero-order valence-electron chi connectivity index (χ0n) is 4.07. The second-order valence-corrected chi connectivity index (χ2v) is 2.35. The molecule has 0 amide bonds. The Morgan fingerprint density at radius 3 is 1.71 bits per heavy atom. The van der Waals surface area contributed by atoms with Crippen molar-refractivity contribution in [1.82, 2.24) is 0 Å². The van der Waals surface area contributed by atoms with E-state index in [4.69, 9.17) is 5.11 Å². The number of rotatable bonds is 0. The molecule has 0 radical (unpaired) electrons. The molecule has 0 aromatic carbocycles. The first kappa shape index (κ1) is 7.96. The molecule has 0 saturated heterocycles. The van der Waals surface area contributed by atoms with Gasteiger partial charge in [0.05, 0.1) is 5.60 Å². The average molecular weight is 110 g/mol. The van der Waals surface area contributed by atoms with Crippen molar-refractivity contribution >= 4 is 29.6 Å². The Morgan fingerprint density at radius 2 is 1.71 bits per heavy atom. The van der Waals surface area contributed by atoms with Crippen LogP contribution in [0.2, 0.25) is 0 Å². The molecule has 1 fully saturated rings. The van der Waals surface area contributed by atoms with Gasteiger partial charge in [-0.1, -0.05) is 0 Å². The monoisotopic (exact) mass is 110 g/mol. The molecule has 1 nitrogen and oxygen atoms in total. The van der Waals surface area contributed by atoms with Crippen LogP contribution < -0.4 is 0 Å². The van der Waals surface area contributed by atoms with Gasteiger partial charge in [-0.3, -0.25) is 0 Å². The summed E-state index contributed by atoms with van der Waals surface area (Å²) < 4.78 is 0. The summed E-state index contributed by atoms with van der Waals surface area (Å²) in [7, 11) is 0. The zero-order chi connectivity index (χ0) is 4.62. The molecule has 1 N–H and O–H groups in total. The molecule has 1 saturated carbocycles. The Labute approximate surface area is 66.4 Å². The van der Waals surface area contributed by atoms with Crippen LogP contribution in [0.1, 0.15) is 26.2 Å². The van der Waals surface area contributed by atoms with Crippen LogP contribution >= 0.6 is 0 Å². The van der Waals surface area contributed by atoms with E-state index in [1.807, 2.05) is 6.92 Å². The van der Waals surface area contributed by atoms with Gasteiger partial charge in [-0.2, -0.15) is 0 Å². The standard InChI is InChI=1S/C5H10O.Na.H/c1-5(6)3-2-4-5;;/h6H,2-4H2,1H3;;. The van der Waals surface area contributed by atoms with Crippen molar-refractivity contribution < 1.29 is 5.11 Å². The molecule has 38 valence electrons. The molecule has 0 unspecified atom stereocenters. The predicted octanol–water partition coefficient (Wildman–Crippen LogP) is 0.273. The van der Waals surface area contributed by atoms with Gasteiger partial charge in [0, 0.05) is 0 Å². The van der Waals surface area contributed by atoms with Gasteiger partial charge in [0.25, 0.3) is 0 Å². The molecule has 0 spiro atoms. The van der Waals surface area contributed by atoms with Crippen molar-refractivity contribution in [2.24, 2.45) is 0 Å². The third kappa shape index (κ3) is 2.13. The molecule has 1 aliphatic rings. The van der Waals surface area contributed by atoms with E-state index >= 15 is 0 Å². The third-order valence-corrected chi connectivity index (χ3v) is 1.43. The Hall–Kier alpha value is 0.960. The fraction of sp³-hybridized carbons (Fsp3) is 1.00. The fourth-order valence-electron chi connectivity index (χ4n) is 0.688. The molecule has 0 heterocycles. The molecular weight excluding hydrogens is 99.0 g/mol. The van der Waals surface area contributed by atoms with Crippen molar-refractivity contribution in [2.45, 2.75) is 31.8 Å². The van der Waals surface area contributed by atoms with Crippen LogP contribution in [0.25, 0.3) is 0 Å². The van der Waals surface area contributed by atoms with Gasteiger partial charge in [0.1, 0.15) is 0 Å². The molecule has 7 heavy (non-hydrogen) atoms. The summed E-state index contributed by atoms with van der Waals surface area (Å²) in [6, 6.07) is 0. The molecule has 2 heteroatoms. The van der Waals surface area contributed by atoms with Crippen molar-refractivity contribution in [3.63, 3.8) is 0 Å². The summed E-state index contributed by atoms with van der Waals surface area (Å²) in [5, 5.41) is 8.91. The predicted molar refractivity (Wildman–Crippen MR) is 31.6 cm³/mol. The van der Waals surface area contributed by atoms with Crippen molar-refractivity contribution in [3.05, 3.63) is 0 Å². The topological polar surface area (TPSA) is 20.2 Å². The van der Waals surface area contributed by atoms with Crippen molar-refractivity contribution in [1.29, 1.82) is 0 Å². The summed E-state index contributed by atoms with van der Waals surface area (Å²) in [4.78, 5) is 0. The first-order valence-electron chi connectivity index (χ1n) is 2.43. The van der Waals surface area contributed by atoms with Gasteiger partial charge in [-0.05, 0) is 26.2 Å². The van der Waals surface area contributed by atoms with Gasteiger partial charge in [-0.15, -0.1) is 0 Å². The van der Waals surface area contributed by atoms with Crippen LogP contribution in [0.5, 0.6) is 0 Å². The van der Waals surface area contributed by atoms with E-state index < -0.39 is 0 Å². The molecule has 0 aliphatic heterocycles. The van der Waals surface area contributed by atoms with Crippen LogP contribution in [-0.4, -0.2) is 40.3 Å². The van der Waals surface area contributed by atoms with Crippen LogP contribution in [0.3, 0.4) is 0 Å². The fourth-order valence-corrected chi connectivity index (χ4v) is 0.688. The molecule has 1 aliphatic carbocycles. The second-order valence-electron chi connectivity index (χ2n) is 2.35. The zero-order valence-corrected chi connectivity index (χ0v) is 4.07. The molecular formula is C5H11NaO. The summed E-state index contributed by atoms with van der Waals surface area (Å²) >= 11 is 0. The summed E-state index contributed by atoms with van der Waals surface area (Å²) in [6.45, 7) is 1.89. The van der Waals surface area contributed by atoms with E-state index in [1.54, 1.807) is 0 Å². The van der Waals surface area contributed by atoms with E-state index in [0.717, 1.165) is 12.8 Å². The minimum absolute atomic E-state index is 0. The average Bonchev–Trinajstić information content (AvgIpc) is 1.32. The van der Waals surface area contributed by atoms with E-state index in [-0.39, 0.29) is 35.2 Å². The second kappa shape index (κ2) is 2.49. The summed E-state index contributed by atoms with van der Waals surface area (Å²) in [5.41, 5.74) is -0.278. The van der Waals surface area contributed by atoms with Gasteiger partial charge in [0.15, 0.2) is 0 Å². The Kier molecular flexibility index (Phi) is 2.83. The maximum absolute atomic E-state index is 8.91. The van der Waals surface area contributed by atoms with E-state index in [2.05, 4.69) is 0 Å². The van der Waals surface area contributed by atoms with Crippen LogP contribution in [0, 0.1) is 0 Å². The molecule has 0 aromatic rings. The Balaban J connectivity index is 0.000000360. The van der Waals surface area contributed by atoms with Crippen molar-refractivity contribution in [2.75, 3.05) is 0 Å². The number of hydrogen-bond donors (Lipinski definition) is 1. The number of hydrogen-bond acceptors (Lipinski definition) is 1. The van der Waals surface area contributed by atoms with E-state index in [9.17, 15) is 0 Å². The first-order chi connectivity index (χ1) is 2.71. The summed E-state index contributed by atoms with van der Waals surface area (Å²) in [5.74, 6) is 0. The van der Waals surface area contributed by atoms with Crippen LogP contribution in [0.15, 0.2) is 0 Å². The molecule has 0 aromatic heterocycles. The van der Waals surface area contributed by atoms with Crippen LogP contribution in [-0.2, 0) is 0 Å². The minimum atomic E-state index is -0.278. The maximum atomic E-state index is 8.91. The Morgan fingerprint density at radius 1 is 1.43 bits per heavy atom. The van der Waals surface area contributed by atoms with E-state index in [1.165, 1.54) is 6.42 Å². The Bertz CT molecular complexity index is 55.1. The molecule has 1 rings (SSSR count). The van der Waals surface area contributed by atoms with Crippen LogP contribution in [0.4, 0.5) is 0 Å². The molecule has 0 bridgehead atoms. The number of aliphatic hydroxyl groups is 1. The van der Waals surface area contributed by atoms with Gasteiger partial charge in [0.2, 0.25) is 0 Å². The third-order valence-electron chi connectivity index (χ3n) is 1.43. The van der Waals surface area contributed by atoms with Gasteiger partial charge in [-0.25, -0.2) is 0 Å². The molecule has 0 atom stereocenters. The van der Waals surface area contributed by atoms with Crippen molar-refractivity contribution in [3.8, 4) is 0 Å². The van der Waals surface area contributed by atoms with E-state index in [0.29, 0.717) is 0 Å².